The number of nitriles is 1. The minimum absolute atomic E-state index is 0.150. The molecule has 2 heterocycles. The summed E-state index contributed by atoms with van der Waals surface area (Å²) in [5.41, 5.74) is 6.42. The summed E-state index contributed by atoms with van der Waals surface area (Å²) in [5, 5.41) is 13.6. The van der Waals surface area contributed by atoms with Crippen LogP contribution in [0.5, 0.6) is 0 Å². The molecule has 1 aromatic rings. The average molecular weight is 235 g/mol. The number of ether oxygens (including phenoxy) is 1. The molecule has 0 aromatic carbocycles. The predicted octanol–water partition coefficient (Wildman–Crippen LogP) is 0.754. The van der Waals surface area contributed by atoms with E-state index in [4.69, 9.17) is 10.5 Å². The lowest BCUT2D eigenvalue weighted by Crippen LogP contribution is -2.37. The number of nitrogen functional groups attached to an aromatic ring is 1. The molecule has 1 aliphatic rings. The van der Waals surface area contributed by atoms with Gasteiger partial charge in [0.1, 0.15) is 17.5 Å². The third-order valence-electron chi connectivity index (χ3n) is 2.84. The molecule has 0 saturated carbocycles. The molecule has 1 aromatic heterocycles. The average Bonchev–Trinajstić information content (AvgIpc) is 2.67. The van der Waals surface area contributed by atoms with Gasteiger partial charge in [-0.1, -0.05) is 0 Å². The highest BCUT2D eigenvalue weighted by Crippen LogP contribution is 2.27. The number of nitrogens with zero attached hydrogens (tertiary/aromatic N) is 4. The standard InChI is InChI=1S/C11H17N5O/c1-8(2)16-10(13)9(7-12)11(14-16)15-3-5-17-6-4-15/h8H,3-6,13H2,1-2H3. The molecular formula is C11H17N5O. The van der Waals surface area contributed by atoms with Crippen LogP contribution in [0.2, 0.25) is 0 Å². The summed E-state index contributed by atoms with van der Waals surface area (Å²) in [4.78, 5) is 2.05. The Kier molecular flexibility index (Phi) is 3.20. The topological polar surface area (TPSA) is 80.1 Å². The van der Waals surface area contributed by atoms with E-state index in [0.29, 0.717) is 30.4 Å². The second-order valence-electron chi connectivity index (χ2n) is 4.33. The fourth-order valence-corrected chi connectivity index (χ4v) is 1.93. The van der Waals surface area contributed by atoms with E-state index >= 15 is 0 Å². The molecular weight excluding hydrogens is 218 g/mol. The van der Waals surface area contributed by atoms with Crippen LogP contribution in [-0.4, -0.2) is 36.1 Å². The van der Waals surface area contributed by atoms with Crippen molar-refractivity contribution in [3.8, 4) is 6.07 Å². The largest absolute Gasteiger partial charge is 0.383 e. The van der Waals surface area contributed by atoms with E-state index in [-0.39, 0.29) is 6.04 Å². The van der Waals surface area contributed by atoms with E-state index in [1.54, 1.807) is 4.68 Å². The first-order chi connectivity index (χ1) is 8.15. The summed E-state index contributed by atoms with van der Waals surface area (Å²) in [6.45, 7) is 6.83. The molecule has 92 valence electrons. The predicted molar refractivity (Wildman–Crippen MR) is 64.8 cm³/mol. The summed E-state index contributed by atoms with van der Waals surface area (Å²) in [7, 11) is 0. The van der Waals surface area contributed by atoms with E-state index in [2.05, 4.69) is 16.1 Å². The van der Waals surface area contributed by atoms with Crippen molar-refractivity contribution in [1.29, 1.82) is 5.26 Å². The zero-order valence-corrected chi connectivity index (χ0v) is 10.2. The molecule has 1 fully saturated rings. The fraction of sp³-hybridized carbons (Fsp3) is 0.636. The molecule has 0 atom stereocenters. The monoisotopic (exact) mass is 235 g/mol. The van der Waals surface area contributed by atoms with Gasteiger partial charge in [0.05, 0.1) is 13.2 Å². The van der Waals surface area contributed by atoms with Gasteiger partial charge in [0, 0.05) is 19.1 Å². The van der Waals surface area contributed by atoms with Crippen molar-refractivity contribution >= 4 is 11.6 Å². The molecule has 2 rings (SSSR count). The lowest BCUT2D eigenvalue weighted by molar-refractivity contribution is 0.122. The Morgan fingerprint density at radius 2 is 2.06 bits per heavy atom. The number of nitrogens with two attached hydrogens (primary N) is 1. The zero-order valence-electron chi connectivity index (χ0n) is 10.2. The lowest BCUT2D eigenvalue weighted by Gasteiger charge is -2.26. The van der Waals surface area contributed by atoms with Crippen molar-refractivity contribution in [1.82, 2.24) is 9.78 Å². The van der Waals surface area contributed by atoms with Gasteiger partial charge in [0.2, 0.25) is 0 Å². The van der Waals surface area contributed by atoms with Crippen molar-refractivity contribution in [2.45, 2.75) is 19.9 Å². The molecule has 0 radical (unpaired) electrons. The Morgan fingerprint density at radius 3 is 2.59 bits per heavy atom. The molecule has 0 bridgehead atoms. The molecule has 0 spiro atoms. The molecule has 17 heavy (non-hydrogen) atoms. The molecule has 1 aliphatic heterocycles. The van der Waals surface area contributed by atoms with E-state index in [9.17, 15) is 5.26 Å². The fourth-order valence-electron chi connectivity index (χ4n) is 1.93. The lowest BCUT2D eigenvalue weighted by atomic mass is 10.3. The summed E-state index contributed by atoms with van der Waals surface area (Å²) in [6, 6.07) is 2.30. The molecule has 6 heteroatoms. The van der Waals surface area contributed by atoms with Crippen molar-refractivity contribution in [3.05, 3.63) is 5.56 Å². The summed E-state index contributed by atoms with van der Waals surface area (Å²) in [5.74, 6) is 1.13. The van der Waals surface area contributed by atoms with Crippen LogP contribution in [0.1, 0.15) is 25.5 Å². The van der Waals surface area contributed by atoms with Crippen LogP contribution in [0.4, 0.5) is 11.6 Å². The van der Waals surface area contributed by atoms with Crippen LogP contribution in [-0.2, 0) is 4.74 Å². The highest BCUT2D eigenvalue weighted by Gasteiger charge is 2.23. The third kappa shape index (κ3) is 2.06. The number of anilines is 2. The van der Waals surface area contributed by atoms with Gasteiger partial charge in [-0.05, 0) is 13.8 Å². The first-order valence-electron chi connectivity index (χ1n) is 5.76. The molecule has 1 saturated heterocycles. The minimum atomic E-state index is 0.150. The SMILES string of the molecule is CC(C)n1nc(N2CCOCC2)c(C#N)c1N. The molecule has 0 aliphatic carbocycles. The van der Waals surface area contributed by atoms with Gasteiger partial charge in [-0.3, -0.25) is 0 Å². The molecule has 0 amide bonds. The number of rotatable bonds is 2. The van der Waals surface area contributed by atoms with Gasteiger partial charge >= 0.3 is 0 Å². The van der Waals surface area contributed by atoms with Gasteiger partial charge in [-0.25, -0.2) is 4.68 Å². The van der Waals surface area contributed by atoms with Crippen LogP contribution >= 0.6 is 0 Å². The van der Waals surface area contributed by atoms with Gasteiger partial charge < -0.3 is 15.4 Å². The van der Waals surface area contributed by atoms with Crippen LogP contribution < -0.4 is 10.6 Å². The van der Waals surface area contributed by atoms with Crippen LogP contribution in [0.15, 0.2) is 0 Å². The van der Waals surface area contributed by atoms with Gasteiger partial charge in [-0.2, -0.15) is 10.4 Å². The van der Waals surface area contributed by atoms with Crippen molar-refractivity contribution in [2.75, 3.05) is 36.9 Å². The Balaban J connectivity index is 2.39. The highest BCUT2D eigenvalue weighted by molar-refractivity contribution is 5.65. The summed E-state index contributed by atoms with van der Waals surface area (Å²) >= 11 is 0. The van der Waals surface area contributed by atoms with Crippen molar-refractivity contribution < 1.29 is 4.74 Å². The summed E-state index contributed by atoms with van der Waals surface area (Å²) < 4.78 is 6.99. The maximum atomic E-state index is 9.18. The minimum Gasteiger partial charge on any atom is -0.383 e. The Labute approximate surface area is 101 Å². The van der Waals surface area contributed by atoms with Crippen LogP contribution in [0.25, 0.3) is 0 Å². The molecule has 2 N–H and O–H groups in total. The van der Waals surface area contributed by atoms with E-state index in [1.165, 1.54) is 0 Å². The Bertz CT molecular complexity index is 439. The highest BCUT2D eigenvalue weighted by atomic mass is 16.5. The van der Waals surface area contributed by atoms with Crippen molar-refractivity contribution in [3.63, 3.8) is 0 Å². The maximum absolute atomic E-state index is 9.18. The number of morpholine rings is 1. The second kappa shape index (κ2) is 4.63. The van der Waals surface area contributed by atoms with Crippen LogP contribution in [0, 0.1) is 11.3 Å². The number of aromatic nitrogens is 2. The molecule has 6 nitrogen and oxygen atoms in total. The first-order valence-corrected chi connectivity index (χ1v) is 5.76. The second-order valence-corrected chi connectivity index (χ2v) is 4.33. The third-order valence-corrected chi connectivity index (χ3v) is 2.84. The quantitative estimate of drug-likeness (QED) is 0.818. The van der Waals surface area contributed by atoms with E-state index < -0.39 is 0 Å². The number of hydrogen-bond donors (Lipinski definition) is 1. The van der Waals surface area contributed by atoms with Crippen molar-refractivity contribution in [2.24, 2.45) is 0 Å². The van der Waals surface area contributed by atoms with E-state index in [0.717, 1.165) is 13.1 Å². The first kappa shape index (κ1) is 11.7. The Hall–Kier alpha value is -1.74. The number of hydrogen-bond acceptors (Lipinski definition) is 5. The van der Waals surface area contributed by atoms with Gasteiger partial charge in [0.25, 0.3) is 0 Å². The van der Waals surface area contributed by atoms with E-state index in [1.807, 2.05) is 13.8 Å². The normalized spacial score (nSPS) is 16.2. The van der Waals surface area contributed by atoms with Gasteiger partial charge in [-0.15, -0.1) is 0 Å². The van der Waals surface area contributed by atoms with Crippen LogP contribution in [0.3, 0.4) is 0 Å². The maximum Gasteiger partial charge on any atom is 0.171 e. The Morgan fingerprint density at radius 1 is 1.41 bits per heavy atom. The molecule has 0 unspecified atom stereocenters. The summed E-state index contributed by atoms with van der Waals surface area (Å²) in [6.07, 6.45) is 0. The van der Waals surface area contributed by atoms with Gasteiger partial charge in [0.15, 0.2) is 5.82 Å². The zero-order chi connectivity index (χ0) is 12.4. The smallest absolute Gasteiger partial charge is 0.171 e.